The Hall–Kier alpha value is -1.79. The molecule has 0 radical (unpaired) electrons. The van der Waals surface area contributed by atoms with Crippen molar-refractivity contribution < 1.29 is 9.59 Å². The predicted octanol–water partition coefficient (Wildman–Crippen LogP) is 2.62. The highest BCUT2D eigenvalue weighted by atomic mass is 35.5. The van der Waals surface area contributed by atoms with E-state index in [1.165, 1.54) is 12.8 Å². The summed E-state index contributed by atoms with van der Waals surface area (Å²) >= 11 is 0. The lowest BCUT2D eigenvalue weighted by atomic mass is 9.93. The molecule has 3 amide bonds. The van der Waals surface area contributed by atoms with Gasteiger partial charge < -0.3 is 21.3 Å². The number of urea groups is 1. The standard InChI is InChI=1S/C21H30N4O2.ClH/c26-19(24-18-12-16-8-9-17(13-18)23-16)21(10-4-5-11-21)25-20(27)22-14-15-6-2-1-3-7-15;/h1-3,6-7,16-18,23H,4-5,8-14H2,(H,24,26)(H2,22,25,27);1H. The predicted molar refractivity (Wildman–Crippen MR) is 111 cm³/mol. The Bertz CT molecular complexity index is 666. The van der Waals surface area contributed by atoms with Crippen LogP contribution in [-0.2, 0) is 11.3 Å². The minimum absolute atomic E-state index is 0. The highest BCUT2D eigenvalue weighted by molar-refractivity contribution is 5.91. The van der Waals surface area contributed by atoms with Crippen LogP contribution in [0.5, 0.6) is 0 Å². The van der Waals surface area contributed by atoms with E-state index in [1.54, 1.807) is 0 Å². The van der Waals surface area contributed by atoms with Crippen molar-refractivity contribution in [3.63, 3.8) is 0 Å². The van der Waals surface area contributed by atoms with Crippen LogP contribution in [0.3, 0.4) is 0 Å². The summed E-state index contributed by atoms with van der Waals surface area (Å²) in [6, 6.07) is 10.8. The Labute approximate surface area is 173 Å². The molecule has 6 nitrogen and oxygen atoms in total. The summed E-state index contributed by atoms with van der Waals surface area (Å²) in [4.78, 5) is 25.6. The van der Waals surface area contributed by atoms with E-state index in [0.717, 1.165) is 44.1 Å². The van der Waals surface area contributed by atoms with Crippen molar-refractivity contribution in [1.82, 2.24) is 21.3 Å². The van der Waals surface area contributed by atoms with E-state index in [-0.39, 0.29) is 30.4 Å². The number of hydrogen-bond donors (Lipinski definition) is 4. The Morgan fingerprint density at radius 2 is 1.68 bits per heavy atom. The molecule has 0 spiro atoms. The van der Waals surface area contributed by atoms with Gasteiger partial charge in [0.15, 0.2) is 0 Å². The highest BCUT2D eigenvalue weighted by Crippen LogP contribution is 2.32. The quantitative estimate of drug-likeness (QED) is 0.606. The van der Waals surface area contributed by atoms with Gasteiger partial charge in [0.25, 0.3) is 0 Å². The second kappa shape index (κ2) is 9.14. The molecule has 1 aromatic carbocycles. The molecule has 3 fully saturated rings. The van der Waals surface area contributed by atoms with Gasteiger partial charge in [-0.25, -0.2) is 4.79 Å². The van der Waals surface area contributed by atoms with E-state index in [4.69, 9.17) is 0 Å². The maximum atomic E-state index is 13.1. The average Bonchev–Trinajstić information content (AvgIpc) is 3.28. The fourth-order valence-electron chi connectivity index (χ4n) is 4.93. The van der Waals surface area contributed by atoms with Crippen molar-refractivity contribution in [2.24, 2.45) is 0 Å². The molecule has 0 aromatic heterocycles. The molecule has 154 valence electrons. The Morgan fingerprint density at radius 3 is 2.32 bits per heavy atom. The minimum atomic E-state index is -0.759. The zero-order valence-electron chi connectivity index (χ0n) is 16.2. The third-order valence-corrected chi connectivity index (χ3v) is 6.35. The van der Waals surface area contributed by atoms with Crippen LogP contribution in [0.4, 0.5) is 4.79 Å². The SMILES string of the molecule is Cl.O=C(NCc1ccccc1)NC1(C(=O)NC2CC3CCC(C2)N3)CCCC1. The number of benzene rings is 1. The molecule has 1 saturated carbocycles. The molecule has 2 bridgehead atoms. The number of carbonyl (C=O) groups excluding carboxylic acids is 2. The first-order valence-corrected chi connectivity index (χ1v) is 10.3. The molecular weight excluding hydrogens is 376 g/mol. The lowest BCUT2D eigenvalue weighted by Gasteiger charge is -2.34. The molecule has 4 N–H and O–H groups in total. The van der Waals surface area contributed by atoms with Crippen LogP contribution in [0.2, 0.25) is 0 Å². The smallest absolute Gasteiger partial charge is 0.315 e. The Balaban J connectivity index is 0.00000225. The molecule has 3 aliphatic rings. The molecule has 4 rings (SSSR count). The van der Waals surface area contributed by atoms with Gasteiger partial charge in [0.2, 0.25) is 5.91 Å². The number of amides is 3. The van der Waals surface area contributed by atoms with Crippen molar-refractivity contribution >= 4 is 24.3 Å². The van der Waals surface area contributed by atoms with Crippen LogP contribution in [0.1, 0.15) is 56.9 Å². The summed E-state index contributed by atoms with van der Waals surface area (Å²) < 4.78 is 0. The monoisotopic (exact) mass is 406 g/mol. The van der Waals surface area contributed by atoms with Gasteiger partial charge in [-0.05, 0) is 44.1 Å². The topological polar surface area (TPSA) is 82.3 Å². The molecule has 2 heterocycles. The second-order valence-corrected chi connectivity index (χ2v) is 8.36. The maximum Gasteiger partial charge on any atom is 0.315 e. The van der Waals surface area contributed by atoms with Gasteiger partial charge >= 0.3 is 6.03 Å². The zero-order chi connectivity index (χ0) is 18.7. The van der Waals surface area contributed by atoms with Crippen LogP contribution in [0, 0.1) is 0 Å². The number of carbonyl (C=O) groups is 2. The summed E-state index contributed by atoms with van der Waals surface area (Å²) in [6.07, 6.45) is 7.81. The summed E-state index contributed by atoms with van der Waals surface area (Å²) in [5.41, 5.74) is 0.285. The van der Waals surface area contributed by atoms with E-state index in [2.05, 4.69) is 21.3 Å². The van der Waals surface area contributed by atoms with Gasteiger partial charge in [-0.3, -0.25) is 4.79 Å². The number of nitrogens with one attached hydrogen (secondary N) is 4. The first kappa shape index (κ1) is 20.9. The first-order chi connectivity index (χ1) is 13.1. The van der Waals surface area contributed by atoms with Crippen LogP contribution >= 0.6 is 12.4 Å². The lowest BCUT2D eigenvalue weighted by molar-refractivity contribution is -0.128. The van der Waals surface area contributed by atoms with E-state index >= 15 is 0 Å². The van der Waals surface area contributed by atoms with Gasteiger partial charge in [-0.15, -0.1) is 12.4 Å². The van der Waals surface area contributed by atoms with Gasteiger partial charge in [-0.1, -0.05) is 43.2 Å². The van der Waals surface area contributed by atoms with Gasteiger partial charge in [0.05, 0.1) is 0 Å². The number of piperidine rings is 1. The molecule has 7 heteroatoms. The second-order valence-electron chi connectivity index (χ2n) is 8.36. The molecule has 2 aliphatic heterocycles. The van der Waals surface area contributed by atoms with E-state index in [9.17, 15) is 9.59 Å². The molecule has 2 saturated heterocycles. The fraction of sp³-hybridized carbons (Fsp3) is 0.619. The largest absolute Gasteiger partial charge is 0.351 e. The highest BCUT2D eigenvalue weighted by Gasteiger charge is 2.44. The summed E-state index contributed by atoms with van der Waals surface area (Å²) in [5.74, 6) is 0.00108. The van der Waals surface area contributed by atoms with Crippen molar-refractivity contribution in [3.8, 4) is 0 Å². The Morgan fingerprint density at radius 1 is 1.04 bits per heavy atom. The molecule has 2 atom stereocenters. The van der Waals surface area contributed by atoms with Gasteiger partial charge in [-0.2, -0.15) is 0 Å². The molecule has 2 unspecified atom stereocenters. The number of halogens is 1. The van der Waals surface area contributed by atoms with Crippen molar-refractivity contribution in [2.75, 3.05) is 0 Å². The Kier molecular flexibility index (Phi) is 6.83. The summed E-state index contributed by atoms with van der Waals surface area (Å²) in [6.45, 7) is 0.460. The molecule has 1 aliphatic carbocycles. The van der Waals surface area contributed by atoms with Gasteiger partial charge in [0, 0.05) is 24.7 Å². The van der Waals surface area contributed by atoms with Crippen LogP contribution in [-0.4, -0.2) is 35.6 Å². The van der Waals surface area contributed by atoms with Crippen LogP contribution < -0.4 is 21.3 Å². The maximum absolute atomic E-state index is 13.1. The van der Waals surface area contributed by atoms with E-state index in [0.29, 0.717) is 18.6 Å². The number of fused-ring (bicyclic) bond motifs is 2. The van der Waals surface area contributed by atoms with Crippen molar-refractivity contribution in [2.45, 2.75) is 81.6 Å². The normalized spacial score (nSPS) is 27.5. The van der Waals surface area contributed by atoms with Crippen LogP contribution in [0.25, 0.3) is 0 Å². The minimum Gasteiger partial charge on any atom is -0.351 e. The third kappa shape index (κ3) is 4.78. The van der Waals surface area contributed by atoms with Crippen molar-refractivity contribution in [3.05, 3.63) is 35.9 Å². The van der Waals surface area contributed by atoms with E-state index in [1.807, 2.05) is 30.3 Å². The van der Waals surface area contributed by atoms with E-state index < -0.39 is 5.54 Å². The van der Waals surface area contributed by atoms with Crippen molar-refractivity contribution in [1.29, 1.82) is 0 Å². The first-order valence-electron chi connectivity index (χ1n) is 10.3. The average molecular weight is 407 g/mol. The lowest BCUT2D eigenvalue weighted by Crippen LogP contribution is -2.61. The summed E-state index contributed by atoms with van der Waals surface area (Å²) in [5, 5.41) is 12.8. The fourth-order valence-corrected chi connectivity index (χ4v) is 4.93. The molecule has 1 aromatic rings. The number of rotatable bonds is 5. The summed E-state index contributed by atoms with van der Waals surface area (Å²) in [7, 11) is 0. The number of hydrogen-bond acceptors (Lipinski definition) is 3. The van der Waals surface area contributed by atoms with Gasteiger partial charge in [0.1, 0.15) is 5.54 Å². The van der Waals surface area contributed by atoms with Crippen LogP contribution in [0.15, 0.2) is 30.3 Å². The molecular formula is C21H31ClN4O2. The third-order valence-electron chi connectivity index (χ3n) is 6.35. The zero-order valence-corrected chi connectivity index (χ0v) is 17.0. The molecule has 28 heavy (non-hydrogen) atoms.